The Morgan fingerprint density at radius 1 is 1.24 bits per heavy atom. The van der Waals surface area contributed by atoms with Crippen LogP contribution in [0.2, 0.25) is 0 Å². The summed E-state index contributed by atoms with van der Waals surface area (Å²) in [5.41, 5.74) is 7.68. The van der Waals surface area contributed by atoms with Gasteiger partial charge < -0.3 is 15.6 Å². The molecule has 3 N–H and O–H groups in total. The fourth-order valence-corrected chi connectivity index (χ4v) is 2.42. The fourth-order valence-electron chi connectivity index (χ4n) is 1.91. The van der Waals surface area contributed by atoms with Crippen LogP contribution < -0.4 is 10.5 Å². The minimum atomic E-state index is -0.914. The van der Waals surface area contributed by atoms with Crippen LogP contribution in [0.3, 0.4) is 0 Å². The molecule has 0 radical (unpaired) electrons. The Hall–Kier alpha value is -1.85. The zero-order valence-electron chi connectivity index (χ0n) is 11.3. The van der Waals surface area contributed by atoms with Crippen LogP contribution in [0.1, 0.15) is 23.6 Å². The third-order valence-electron chi connectivity index (χ3n) is 3.02. The molecule has 0 aliphatic carbocycles. The summed E-state index contributed by atoms with van der Waals surface area (Å²) in [6, 6.07) is 14.7. The van der Waals surface area contributed by atoms with Crippen LogP contribution in [-0.2, 0) is 11.4 Å². The molecule has 0 aliphatic rings. The summed E-state index contributed by atoms with van der Waals surface area (Å²) in [6.07, 6.45) is -0.101. The van der Waals surface area contributed by atoms with Gasteiger partial charge in [0.15, 0.2) is 0 Å². The average molecular weight is 350 g/mol. The van der Waals surface area contributed by atoms with E-state index in [9.17, 15) is 4.79 Å². The average Bonchev–Trinajstić information content (AvgIpc) is 2.46. The van der Waals surface area contributed by atoms with Crippen molar-refractivity contribution in [3.63, 3.8) is 0 Å². The number of benzene rings is 2. The second-order valence-corrected chi connectivity index (χ2v) is 5.52. The predicted octanol–water partition coefficient (Wildman–Crippen LogP) is 3.50. The maximum atomic E-state index is 10.7. The van der Waals surface area contributed by atoms with Gasteiger partial charge in [0.25, 0.3) is 0 Å². The first-order valence-corrected chi connectivity index (χ1v) is 7.29. The molecule has 0 saturated heterocycles. The van der Waals surface area contributed by atoms with Crippen molar-refractivity contribution in [2.75, 3.05) is 0 Å². The van der Waals surface area contributed by atoms with Crippen LogP contribution in [0.15, 0.2) is 53.0 Å². The number of carboxylic acid groups (broad SMARTS) is 1. The fraction of sp³-hybridized carbons (Fsp3) is 0.188. The summed E-state index contributed by atoms with van der Waals surface area (Å²) in [4.78, 5) is 10.7. The van der Waals surface area contributed by atoms with E-state index < -0.39 is 12.0 Å². The molecule has 1 unspecified atom stereocenters. The van der Waals surface area contributed by atoms with Crippen molar-refractivity contribution in [1.29, 1.82) is 0 Å². The summed E-state index contributed by atoms with van der Waals surface area (Å²) in [6.45, 7) is 0.472. The van der Waals surface area contributed by atoms with Crippen LogP contribution in [-0.4, -0.2) is 11.1 Å². The molecular weight excluding hydrogens is 334 g/mol. The van der Waals surface area contributed by atoms with Gasteiger partial charge in [-0.3, -0.25) is 4.79 Å². The second-order valence-electron chi connectivity index (χ2n) is 4.67. The van der Waals surface area contributed by atoms with E-state index in [1.165, 1.54) is 0 Å². The van der Waals surface area contributed by atoms with Gasteiger partial charge in [0.05, 0.1) is 10.9 Å². The minimum Gasteiger partial charge on any atom is -0.488 e. The molecule has 0 bridgehead atoms. The number of hydrogen-bond acceptors (Lipinski definition) is 3. The number of rotatable bonds is 6. The molecule has 0 aromatic heterocycles. The molecule has 2 aromatic rings. The van der Waals surface area contributed by atoms with E-state index in [4.69, 9.17) is 15.6 Å². The van der Waals surface area contributed by atoms with Crippen LogP contribution in [0.25, 0.3) is 0 Å². The number of nitrogens with two attached hydrogens (primary N) is 1. The standard InChI is InChI=1S/C16H16BrNO3/c17-13-8-12(14(18)9-16(19)20)6-7-15(13)21-10-11-4-2-1-3-5-11/h1-8,14H,9-10,18H2,(H,19,20). The molecule has 5 heteroatoms. The van der Waals surface area contributed by atoms with Crippen LogP contribution in [0.5, 0.6) is 5.75 Å². The molecule has 0 aliphatic heterocycles. The quantitative estimate of drug-likeness (QED) is 0.836. The van der Waals surface area contributed by atoms with Crippen molar-refractivity contribution in [1.82, 2.24) is 0 Å². The highest BCUT2D eigenvalue weighted by atomic mass is 79.9. The molecule has 110 valence electrons. The Balaban J connectivity index is 2.04. The third kappa shape index (κ3) is 4.58. The van der Waals surface area contributed by atoms with Crippen molar-refractivity contribution in [3.05, 3.63) is 64.1 Å². The van der Waals surface area contributed by atoms with Gasteiger partial charge in [0, 0.05) is 6.04 Å². The normalized spacial score (nSPS) is 11.9. The highest BCUT2D eigenvalue weighted by molar-refractivity contribution is 9.10. The Kier molecular flexibility index (Phi) is 5.36. The number of aliphatic carboxylic acids is 1. The van der Waals surface area contributed by atoms with Crippen LogP contribution in [0.4, 0.5) is 0 Å². The Bertz CT molecular complexity index is 616. The molecule has 0 saturated carbocycles. The van der Waals surface area contributed by atoms with Crippen molar-refractivity contribution < 1.29 is 14.6 Å². The maximum Gasteiger partial charge on any atom is 0.305 e. The summed E-state index contributed by atoms with van der Waals surface area (Å²) in [7, 11) is 0. The lowest BCUT2D eigenvalue weighted by atomic mass is 10.0. The monoisotopic (exact) mass is 349 g/mol. The van der Waals surface area contributed by atoms with Gasteiger partial charge in [0.1, 0.15) is 12.4 Å². The topological polar surface area (TPSA) is 72.6 Å². The highest BCUT2D eigenvalue weighted by Gasteiger charge is 2.12. The van der Waals surface area contributed by atoms with Gasteiger partial charge in [-0.05, 0) is 39.2 Å². The Labute approximate surface area is 131 Å². The van der Waals surface area contributed by atoms with Gasteiger partial charge in [0.2, 0.25) is 0 Å². The van der Waals surface area contributed by atoms with E-state index in [1.54, 1.807) is 18.2 Å². The van der Waals surface area contributed by atoms with E-state index in [0.29, 0.717) is 12.4 Å². The molecule has 0 spiro atoms. The lowest BCUT2D eigenvalue weighted by Crippen LogP contribution is -2.15. The molecule has 0 amide bonds. The lowest BCUT2D eigenvalue weighted by molar-refractivity contribution is -0.137. The molecule has 1 atom stereocenters. The van der Waals surface area contributed by atoms with Gasteiger partial charge in [-0.25, -0.2) is 0 Å². The zero-order chi connectivity index (χ0) is 15.2. The number of hydrogen-bond donors (Lipinski definition) is 2. The van der Waals surface area contributed by atoms with Crippen molar-refractivity contribution >= 4 is 21.9 Å². The molecule has 2 aromatic carbocycles. The number of carboxylic acids is 1. The summed E-state index contributed by atoms with van der Waals surface area (Å²) >= 11 is 3.43. The largest absolute Gasteiger partial charge is 0.488 e. The SMILES string of the molecule is NC(CC(=O)O)c1ccc(OCc2ccccc2)c(Br)c1. The summed E-state index contributed by atoms with van der Waals surface area (Å²) in [5, 5.41) is 8.76. The molecule has 0 fully saturated rings. The first-order chi connectivity index (χ1) is 10.1. The van der Waals surface area contributed by atoms with Gasteiger partial charge in [-0.15, -0.1) is 0 Å². The molecule has 21 heavy (non-hydrogen) atoms. The smallest absolute Gasteiger partial charge is 0.305 e. The molecule has 0 heterocycles. The maximum absolute atomic E-state index is 10.7. The van der Waals surface area contributed by atoms with Crippen LogP contribution in [0, 0.1) is 0 Å². The van der Waals surface area contributed by atoms with Crippen molar-refractivity contribution in [2.24, 2.45) is 5.73 Å². The van der Waals surface area contributed by atoms with E-state index in [-0.39, 0.29) is 6.42 Å². The van der Waals surface area contributed by atoms with Gasteiger partial charge in [-0.1, -0.05) is 36.4 Å². The lowest BCUT2D eigenvalue weighted by Gasteiger charge is -2.13. The van der Waals surface area contributed by atoms with E-state index >= 15 is 0 Å². The number of carbonyl (C=O) groups is 1. The van der Waals surface area contributed by atoms with Crippen molar-refractivity contribution in [2.45, 2.75) is 19.1 Å². The van der Waals surface area contributed by atoms with Crippen molar-refractivity contribution in [3.8, 4) is 5.75 Å². The van der Waals surface area contributed by atoms with E-state index in [2.05, 4.69) is 15.9 Å². The second kappa shape index (κ2) is 7.24. The number of halogens is 1. The Morgan fingerprint density at radius 3 is 2.57 bits per heavy atom. The van der Waals surface area contributed by atoms with E-state index in [1.807, 2.05) is 30.3 Å². The predicted molar refractivity (Wildman–Crippen MR) is 84.1 cm³/mol. The summed E-state index contributed by atoms with van der Waals surface area (Å²) < 4.78 is 6.50. The van der Waals surface area contributed by atoms with E-state index in [0.717, 1.165) is 15.6 Å². The first-order valence-electron chi connectivity index (χ1n) is 6.50. The molecule has 4 nitrogen and oxygen atoms in total. The minimum absolute atomic E-state index is 0.101. The summed E-state index contributed by atoms with van der Waals surface area (Å²) in [5.74, 6) is -0.215. The highest BCUT2D eigenvalue weighted by Crippen LogP contribution is 2.29. The van der Waals surface area contributed by atoms with Crippen LogP contribution >= 0.6 is 15.9 Å². The van der Waals surface area contributed by atoms with Gasteiger partial charge >= 0.3 is 5.97 Å². The van der Waals surface area contributed by atoms with Gasteiger partial charge in [-0.2, -0.15) is 0 Å². The number of ether oxygens (including phenoxy) is 1. The third-order valence-corrected chi connectivity index (χ3v) is 3.64. The molecular formula is C16H16BrNO3. The molecule has 2 rings (SSSR count). The Morgan fingerprint density at radius 2 is 1.95 bits per heavy atom. The first kappa shape index (κ1) is 15.5. The zero-order valence-corrected chi connectivity index (χ0v) is 12.9.